The normalized spacial score (nSPS) is 14.9. The average molecular weight is 575 g/mol. The number of halogens is 1. The number of nitrogens with one attached hydrogen (secondary N) is 2. The minimum atomic E-state index is 0. The van der Waals surface area contributed by atoms with Crippen LogP contribution in [0.4, 0.5) is 0 Å². The van der Waals surface area contributed by atoms with E-state index in [-0.39, 0.29) is 24.0 Å². The number of likely N-dealkylation sites (tertiary alicyclic amines) is 1. The molecule has 0 radical (unpaired) electrons. The van der Waals surface area contributed by atoms with E-state index in [2.05, 4.69) is 62.0 Å². The highest BCUT2D eigenvalue weighted by atomic mass is 127. The number of nitrogens with zero attached hydrogens (tertiary/aromatic N) is 4. The number of benzene rings is 2. The zero-order valence-electron chi connectivity index (χ0n) is 20.0. The van der Waals surface area contributed by atoms with E-state index >= 15 is 0 Å². The molecule has 8 heteroatoms. The lowest BCUT2D eigenvalue weighted by Crippen LogP contribution is -2.42. The second-order valence-corrected chi connectivity index (χ2v) is 8.31. The Morgan fingerprint density at radius 2 is 1.76 bits per heavy atom. The average Bonchev–Trinajstić information content (AvgIpc) is 3.57. The Morgan fingerprint density at radius 1 is 1.03 bits per heavy atom. The van der Waals surface area contributed by atoms with Gasteiger partial charge in [-0.25, -0.2) is 0 Å². The molecule has 1 unspecified atom stereocenters. The van der Waals surface area contributed by atoms with Crippen LogP contribution in [-0.4, -0.2) is 54.4 Å². The van der Waals surface area contributed by atoms with Gasteiger partial charge in [-0.3, -0.25) is 14.6 Å². The Labute approximate surface area is 219 Å². The van der Waals surface area contributed by atoms with Gasteiger partial charge < -0.3 is 15.4 Å². The van der Waals surface area contributed by atoms with Gasteiger partial charge in [0.15, 0.2) is 5.96 Å². The molecule has 2 aromatic carbocycles. The minimum absolute atomic E-state index is 0. The molecule has 1 aliphatic heterocycles. The summed E-state index contributed by atoms with van der Waals surface area (Å²) in [6.45, 7) is 4.51. The molecule has 0 aliphatic carbocycles. The van der Waals surface area contributed by atoms with Crippen LogP contribution < -0.4 is 15.4 Å². The quantitative estimate of drug-likeness (QED) is 0.229. The first-order valence-corrected chi connectivity index (χ1v) is 11.6. The maximum Gasteiger partial charge on any atom is 0.191 e. The van der Waals surface area contributed by atoms with Crippen LogP contribution in [-0.2, 0) is 13.1 Å². The number of methoxy groups -OCH3 is 1. The number of hydrogen-bond acceptors (Lipinski definition) is 4. The molecule has 1 aromatic heterocycles. The third kappa shape index (κ3) is 6.96. The van der Waals surface area contributed by atoms with Gasteiger partial charge in [-0.05, 0) is 60.8 Å². The van der Waals surface area contributed by atoms with Crippen molar-refractivity contribution < 1.29 is 4.74 Å². The molecule has 1 saturated heterocycles. The van der Waals surface area contributed by atoms with E-state index in [1.54, 1.807) is 7.11 Å². The first-order chi connectivity index (χ1) is 16.3. The molecule has 0 bridgehead atoms. The Balaban J connectivity index is 0.00000324. The summed E-state index contributed by atoms with van der Waals surface area (Å²) in [7, 11) is 3.53. The van der Waals surface area contributed by atoms with E-state index in [1.165, 1.54) is 29.5 Å². The van der Waals surface area contributed by atoms with Crippen LogP contribution in [0, 0.1) is 0 Å². The molecule has 1 aliphatic rings. The highest BCUT2D eigenvalue weighted by Gasteiger charge is 2.23. The lowest BCUT2D eigenvalue weighted by atomic mass is 10.1. The molecule has 0 saturated carbocycles. The standard InChI is InChI=1S/C26H34N6O.HI/c1-27-26(28-18-22-8-3-4-9-23(22)20-32-17-7-14-30-32)29-19-25(31-15-5-6-16-31)21-10-12-24(33-2)13-11-21;/h3-4,7-14,17,25H,5-6,15-16,18-20H2,1-2H3,(H2,27,28,29);1H. The van der Waals surface area contributed by atoms with Gasteiger partial charge in [0.2, 0.25) is 0 Å². The molecule has 3 aromatic rings. The fourth-order valence-corrected chi connectivity index (χ4v) is 4.38. The Morgan fingerprint density at radius 3 is 2.41 bits per heavy atom. The van der Waals surface area contributed by atoms with E-state index in [4.69, 9.17) is 4.74 Å². The molecular formula is C26H35IN6O. The third-order valence-electron chi connectivity index (χ3n) is 6.22. The van der Waals surface area contributed by atoms with Crippen LogP contribution in [0.25, 0.3) is 0 Å². The maximum absolute atomic E-state index is 5.34. The van der Waals surface area contributed by atoms with Gasteiger partial charge >= 0.3 is 0 Å². The second kappa shape index (κ2) is 13.3. The number of rotatable bonds is 9. The summed E-state index contributed by atoms with van der Waals surface area (Å²) < 4.78 is 7.29. The predicted molar refractivity (Wildman–Crippen MR) is 148 cm³/mol. The van der Waals surface area contributed by atoms with Crippen LogP contribution in [0.5, 0.6) is 5.75 Å². The van der Waals surface area contributed by atoms with Gasteiger partial charge in [-0.15, -0.1) is 24.0 Å². The van der Waals surface area contributed by atoms with Crippen molar-refractivity contribution in [3.63, 3.8) is 0 Å². The third-order valence-corrected chi connectivity index (χ3v) is 6.22. The van der Waals surface area contributed by atoms with E-state index in [1.807, 2.05) is 42.3 Å². The first kappa shape index (κ1) is 26.0. The molecular weight excluding hydrogens is 539 g/mol. The molecule has 34 heavy (non-hydrogen) atoms. The SMILES string of the molecule is CN=C(NCc1ccccc1Cn1cccn1)NCC(c1ccc(OC)cc1)N1CCCC1.I. The summed E-state index contributed by atoms with van der Waals surface area (Å²) in [6.07, 6.45) is 6.31. The van der Waals surface area contributed by atoms with Crippen LogP contribution >= 0.6 is 24.0 Å². The summed E-state index contributed by atoms with van der Waals surface area (Å²) in [5.41, 5.74) is 3.78. The fraction of sp³-hybridized carbons (Fsp3) is 0.385. The van der Waals surface area contributed by atoms with E-state index in [0.29, 0.717) is 12.6 Å². The molecule has 4 rings (SSSR count). The summed E-state index contributed by atoms with van der Waals surface area (Å²) in [4.78, 5) is 7.02. The zero-order valence-corrected chi connectivity index (χ0v) is 22.3. The molecule has 7 nitrogen and oxygen atoms in total. The van der Waals surface area contributed by atoms with Crippen molar-refractivity contribution in [1.82, 2.24) is 25.3 Å². The van der Waals surface area contributed by atoms with Crippen molar-refractivity contribution in [2.75, 3.05) is 33.8 Å². The van der Waals surface area contributed by atoms with Crippen molar-refractivity contribution >= 4 is 29.9 Å². The molecule has 1 atom stereocenters. The summed E-state index contributed by atoms with van der Waals surface area (Å²) in [6, 6.07) is 19.1. The van der Waals surface area contributed by atoms with Crippen LogP contribution in [0.3, 0.4) is 0 Å². The van der Waals surface area contributed by atoms with Gasteiger partial charge in [-0.2, -0.15) is 5.10 Å². The van der Waals surface area contributed by atoms with Gasteiger partial charge in [0.25, 0.3) is 0 Å². The number of aliphatic imine (C=N–C) groups is 1. The highest BCUT2D eigenvalue weighted by molar-refractivity contribution is 14.0. The summed E-state index contributed by atoms with van der Waals surface area (Å²) in [5.74, 6) is 1.69. The van der Waals surface area contributed by atoms with Gasteiger partial charge in [0, 0.05) is 32.5 Å². The van der Waals surface area contributed by atoms with Gasteiger partial charge in [0.05, 0.1) is 19.7 Å². The number of ether oxygens (including phenoxy) is 1. The van der Waals surface area contributed by atoms with Gasteiger partial charge in [0.1, 0.15) is 5.75 Å². The Hall–Kier alpha value is -2.59. The maximum atomic E-state index is 5.34. The lowest BCUT2D eigenvalue weighted by molar-refractivity contribution is 0.245. The van der Waals surface area contributed by atoms with E-state index < -0.39 is 0 Å². The van der Waals surface area contributed by atoms with Crippen LogP contribution in [0.1, 0.15) is 35.6 Å². The molecule has 0 spiro atoms. The lowest BCUT2D eigenvalue weighted by Gasteiger charge is -2.29. The summed E-state index contributed by atoms with van der Waals surface area (Å²) in [5, 5.41) is 11.4. The Bertz CT molecular complexity index is 1020. The molecule has 2 heterocycles. The summed E-state index contributed by atoms with van der Waals surface area (Å²) >= 11 is 0. The smallest absolute Gasteiger partial charge is 0.191 e. The van der Waals surface area contributed by atoms with Crippen molar-refractivity contribution in [3.8, 4) is 5.75 Å². The zero-order chi connectivity index (χ0) is 22.9. The highest BCUT2D eigenvalue weighted by Crippen LogP contribution is 2.26. The van der Waals surface area contributed by atoms with Crippen LogP contribution in [0.2, 0.25) is 0 Å². The molecule has 1 fully saturated rings. The molecule has 0 amide bonds. The van der Waals surface area contributed by atoms with Gasteiger partial charge in [-0.1, -0.05) is 36.4 Å². The molecule has 2 N–H and O–H groups in total. The van der Waals surface area contributed by atoms with Crippen molar-refractivity contribution in [2.45, 2.75) is 32.0 Å². The fourth-order valence-electron chi connectivity index (χ4n) is 4.38. The second-order valence-electron chi connectivity index (χ2n) is 8.31. The van der Waals surface area contributed by atoms with Crippen molar-refractivity contribution in [1.29, 1.82) is 0 Å². The Kier molecular flexibility index (Phi) is 10.2. The number of guanidine groups is 1. The minimum Gasteiger partial charge on any atom is -0.497 e. The van der Waals surface area contributed by atoms with Crippen molar-refractivity contribution in [3.05, 3.63) is 83.7 Å². The number of aromatic nitrogens is 2. The molecule has 182 valence electrons. The van der Waals surface area contributed by atoms with Crippen molar-refractivity contribution in [2.24, 2.45) is 4.99 Å². The topological polar surface area (TPSA) is 66.7 Å². The number of hydrogen-bond donors (Lipinski definition) is 2. The predicted octanol–water partition coefficient (Wildman–Crippen LogP) is 4.06. The largest absolute Gasteiger partial charge is 0.497 e. The van der Waals surface area contributed by atoms with E-state index in [0.717, 1.165) is 37.9 Å². The monoisotopic (exact) mass is 574 g/mol. The van der Waals surface area contributed by atoms with Crippen LogP contribution in [0.15, 0.2) is 72.0 Å². The first-order valence-electron chi connectivity index (χ1n) is 11.6. The van der Waals surface area contributed by atoms with E-state index in [9.17, 15) is 0 Å².